The molecule has 0 saturated heterocycles. The van der Waals surface area contributed by atoms with Gasteiger partial charge in [0.25, 0.3) is 0 Å². The number of carbonyl (C=O) groups excluding carboxylic acids is 1. The molecular weight excluding hydrogens is 239 g/mol. The first-order valence-electron chi connectivity index (χ1n) is 7.65. The van der Waals surface area contributed by atoms with Gasteiger partial charge in [0.1, 0.15) is 0 Å². The molecule has 0 bridgehead atoms. The van der Waals surface area contributed by atoms with E-state index >= 15 is 0 Å². The average Bonchev–Trinajstić information content (AvgIpc) is 2.37. The zero-order valence-electron chi connectivity index (χ0n) is 12.9. The topological polar surface area (TPSA) is 17.1 Å². The van der Waals surface area contributed by atoms with Crippen LogP contribution in [0.3, 0.4) is 0 Å². The van der Waals surface area contributed by atoms with Crippen LogP contribution in [-0.2, 0) is 4.79 Å². The third kappa shape index (κ3) is 8.03. The van der Waals surface area contributed by atoms with Crippen LogP contribution >= 0.6 is 7.26 Å². The van der Waals surface area contributed by atoms with Gasteiger partial charge in [-0.1, -0.05) is 40.0 Å². The predicted octanol–water partition coefficient (Wildman–Crippen LogP) is 5.51. The van der Waals surface area contributed by atoms with Crippen LogP contribution < -0.4 is 0 Å². The van der Waals surface area contributed by atoms with E-state index in [9.17, 15) is 4.79 Å². The van der Waals surface area contributed by atoms with Gasteiger partial charge in [0, 0.05) is 13.3 Å². The molecule has 0 aromatic carbocycles. The Kier molecular flexibility index (Phi) is 10.6. The second-order valence-corrected chi connectivity index (χ2v) is 9.45. The van der Waals surface area contributed by atoms with Crippen LogP contribution in [0.5, 0.6) is 0 Å². The summed E-state index contributed by atoms with van der Waals surface area (Å²) in [6.45, 7) is 8.47. The molecule has 0 N–H and O–H groups in total. The summed E-state index contributed by atoms with van der Waals surface area (Å²) in [5.41, 5.74) is 0. The van der Waals surface area contributed by atoms with Gasteiger partial charge in [-0.3, -0.25) is 4.79 Å². The summed E-state index contributed by atoms with van der Waals surface area (Å²) in [7, 11) is -1.00. The average molecular weight is 271 g/mol. The number of allylic oxidation sites excluding steroid dienone is 1. The maximum absolute atomic E-state index is 11.2. The van der Waals surface area contributed by atoms with Gasteiger partial charge >= 0.3 is 0 Å². The van der Waals surface area contributed by atoms with Crippen molar-refractivity contribution in [1.29, 1.82) is 0 Å². The van der Waals surface area contributed by atoms with Crippen molar-refractivity contribution in [3.63, 3.8) is 0 Å². The zero-order valence-corrected chi connectivity index (χ0v) is 13.8. The van der Waals surface area contributed by atoms with Crippen LogP contribution in [0.25, 0.3) is 0 Å². The molecule has 0 atom stereocenters. The van der Waals surface area contributed by atoms with Crippen molar-refractivity contribution in [3.8, 4) is 0 Å². The Bertz CT molecular complexity index is 224. The summed E-state index contributed by atoms with van der Waals surface area (Å²) in [5.74, 6) is 2.56. The predicted molar refractivity (Wildman–Crippen MR) is 86.1 cm³/mol. The third-order valence-electron chi connectivity index (χ3n) is 3.50. The smallest absolute Gasteiger partial charge is 0.155 e. The van der Waals surface area contributed by atoms with E-state index in [0.717, 1.165) is 0 Å². The Morgan fingerprint density at radius 2 is 1.28 bits per heavy atom. The monoisotopic (exact) mass is 271 g/mol. The minimum absolute atomic E-state index is 0.212. The molecule has 0 radical (unpaired) electrons. The van der Waals surface area contributed by atoms with Crippen LogP contribution in [0, 0.1) is 0 Å². The molecule has 18 heavy (non-hydrogen) atoms. The Hall–Kier alpha value is -0.160. The summed E-state index contributed by atoms with van der Waals surface area (Å²) in [6, 6.07) is 0. The third-order valence-corrected chi connectivity index (χ3v) is 7.90. The lowest BCUT2D eigenvalue weighted by Gasteiger charge is -2.24. The molecule has 0 aliphatic heterocycles. The minimum atomic E-state index is -1.00. The van der Waals surface area contributed by atoms with E-state index in [0.29, 0.717) is 0 Å². The van der Waals surface area contributed by atoms with Crippen LogP contribution in [0.1, 0.15) is 66.2 Å². The Balaban J connectivity index is 4.78. The lowest BCUT2D eigenvalue weighted by Crippen LogP contribution is -2.07. The number of hydrogen-bond acceptors (Lipinski definition) is 1. The summed E-state index contributed by atoms with van der Waals surface area (Å²) in [6.07, 6.45) is 13.7. The van der Waals surface area contributed by atoms with Crippen molar-refractivity contribution >= 4 is 13.0 Å². The molecule has 0 aromatic heterocycles. The normalized spacial score (nSPS) is 12.2. The Morgan fingerprint density at radius 3 is 1.56 bits per heavy atom. The lowest BCUT2D eigenvalue weighted by atomic mass is 10.4. The highest BCUT2D eigenvalue weighted by molar-refractivity contribution is 7.78. The van der Waals surface area contributed by atoms with E-state index in [4.69, 9.17) is 0 Å². The summed E-state index contributed by atoms with van der Waals surface area (Å²) in [5, 5.41) is 0. The van der Waals surface area contributed by atoms with E-state index in [1.165, 1.54) is 57.0 Å². The molecule has 0 amide bonds. The highest BCUT2D eigenvalue weighted by atomic mass is 31.2. The molecule has 0 aromatic rings. The number of ketones is 1. The molecule has 0 rings (SSSR count). The fraction of sp³-hybridized carbons (Fsp3) is 0.812. The van der Waals surface area contributed by atoms with Crippen LogP contribution in [-0.4, -0.2) is 24.3 Å². The number of rotatable bonds is 11. The highest BCUT2D eigenvalue weighted by Gasteiger charge is 2.32. The lowest BCUT2D eigenvalue weighted by molar-refractivity contribution is -0.112. The van der Waals surface area contributed by atoms with Gasteiger partial charge in [-0.2, -0.15) is 0 Å². The second-order valence-electron chi connectivity index (χ2n) is 5.38. The summed E-state index contributed by atoms with van der Waals surface area (Å²) >= 11 is 0. The van der Waals surface area contributed by atoms with E-state index in [-0.39, 0.29) is 5.78 Å². The second kappa shape index (κ2) is 10.7. The molecule has 1 nitrogen and oxygen atoms in total. The van der Waals surface area contributed by atoms with E-state index in [1.54, 1.807) is 6.92 Å². The van der Waals surface area contributed by atoms with E-state index in [1.807, 2.05) is 6.08 Å². The number of hydrogen-bond donors (Lipinski definition) is 0. The van der Waals surface area contributed by atoms with Crippen molar-refractivity contribution in [2.75, 3.05) is 18.5 Å². The van der Waals surface area contributed by atoms with Crippen molar-refractivity contribution in [1.82, 2.24) is 0 Å². The van der Waals surface area contributed by atoms with Crippen molar-refractivity contribution < 1.29 is 4.79 Å². The maximum atomic E-state index is 11.2. The largest absolute Gasteiger partial charge is 0.295 e. The molecular formula is C16H32OP+. The van der Waals surface area contributed by atoms with Crippen LogP contribution in [0.2, 0.25) is 0 Å². The molecule has 0 saturated carbocycles. The van der Waals surface area contributed by atoms with Crippen LogP contribution in [0.4, 0.5) is 0 Å². The van der Waals surface area contributed by atoms with Gasteiger partial charge < -0.3 is 0 Å². The zero-order chi connectivity index (χ0) is 13.9. The SMILES string of the molecule is CCCC[P+](C=CC(C)=O)(CCCC)CCCC. The molecule has 0 heterocycles. The van der Waals surface area contributed by atoms with Gasteiger partial charge in [-0.05, 0) is 26.2 Å². The van der Waals surface area contributed by atoms with Gasteiger partial charge in [-0.25, -0.2) is 0 Å². The molecule has 0 unspecified atom stereocenters. The first kappa shape index (κ1) is 17.8. The fourth-order valence-electron chi connectivity index (χ4n) is 2.24. The van der Waals surface area contributed by atoms with E-state index < -0.39 is 7.26 Å². The fourth-order valence-corrected chi connectivity index (χ4v) is 6.72. The highest BCUT2D eigenvalue weighted by Crippen LogP contribution is 2.62. The van der Waals surface area contributed by atoms with Crippen LogP contribution in [0.15, 0.2) is 11.9 Å². The van der Waals surface area contributed by atoms with Crippen molar-refractivity contribution in [2.24, 2.45) is 0 Å². The molecule has 0 fully saturated rings. The van der Waals surface area contributed by atoms with Gasteiger partial charge in [0.15, 0.2) is 5.78 Å². The van der Waals surface area contributed by atoms with Crippen molar-refractivity contribution in [3.05, 3.63) is 11.9 Å². The molecule has 106 valence electrons. The molecule has 0 aliphatic carbocycles. The van der Waals surface area contributed by atoms with Gasteiger partial charge in [0.2, 0.25) is 0 Å². The maximum Gasteiger partial charge on any atom is 0.155 e. The standard InChI is InChI=1S/C16H32OP/c1-5-8-12-18(13-9-6-2,14-10-7-3)15-11-16(4)17/h11,15H,5-10,12-14H2,1-4H3/q+1. The minimum Gasteiger partial charge on any atom is -0.295 e. The molecule has 0 aliphatic rings. The quantitative estimate of drug-likeness (QED) is 0.358. The molecule has 2 heteroatoms. The number of unbranched alkanes of at least 4 members (excludes halogenated alkanes) is 3. The van der Waals surface area contributed by atoms with Gasteiger partial charge in [0.05, 0.1) is 24.3 Å². The summed E-state index contributed by atoms with van der Waals surface area (Å²) < 4.78 is 0. The van der Waals surface area contributed by atoms with E-state index in [2.05, 4.69) is 26.6 Å². The van der Waals surface area contributed by atoms with Gasteiger partial charge in [-0.15, -0.1) is 0 Å². The molecule has 0 spiro atoms. The summed E-state index contributed by atoms with van der Waals surface area (Å²) in [4.78, 5) is 11.2. The Labute approximate surface area is 115 Å². The number of carbonyl (C=O) groups is 1. The Morgan fingerprint density at radius 1 is 0.889 bits per heavy atom. The van der Waals surface area contributed by atoms with Crippen molar-refractivity contribution in [2.45, 2.75) is 66.2 Å². The first-order valence-corrected chi connectivity index (χ1v) is 10.1. The first-order chi connectivity index (χ1) is 8.60.